The minimum Gasteiger partial charge on any atom is -0.492 e. The lowest BCUT2D eigenvalue weighted by Gasteiger charge is -2.03. The van der Waals surface area contributed by atoms with Gasteiger partial charge in [0.2, 0.25) is 0 Å². The fourth-order valence-electron chi connectivity index (χ4n) is 4.79. The fourth-order valence-corrected chi connectivity index (χ4v) is 4.79. The van der Waals surface area contributed by atoms with Gasteiger partial charge in [0.25, 0.3) is 11.8 Å². The number of carbonyl (C=O) groups is 2. The molecule has 0 saturated carbocycles. The normalized spacial score (nSPS) is 20.2. The largest absolute Gasteiger partial charge is 0.492 e. The molecule has 4 bridgehead atoms. The third kappa shape index (κ3) is 4.57. The highest BCUT2D eigenvalue weighted by Gasteiger charge is 2.35. The molecule has 2 aromatic heterocycles. The maximum absolute atomic E-state index is 13.3. The summed E-state index contributed by atoms with van der Waals surface area (Å²) in [5.41, 5.74) is 3.82. The average molecular weight is 518 g/mol. The van der Waals surface area contributed by atoms with Crippen molar-refractivity contribution in [1.82, 2.24) is 14.5 Å². The van der Waals surface area contributed by atoms with E-state index in [0.29, 0.717) is 28.8 Å². The van der Waals surface area contributed by atoms with E-state index >= 15 is 0 Å². The van der Waals surface area contributed by atoms with Crippen LogP contribution in [-0.4, -0.2) is 40.0 Å². The Kier molecular flexibility index (Phi) is 6.45. The van der Waals surface area contributed by atoms with Crippen molar-refractivity contribution in [1.29, 1.82) is 0 Å². The predicted molar refractivity (Wildman–Crippen MR) is 151 cm³/mol. The van der Waals surface area contributed by atoms with Crippen LogP contribution >= 0.6 is 0 Å². The number of carbonyl (C=O) groups excluding carboxylic acids is 2. The number of hydrogen-bond acceptors (Lipinski definition) is 6. The minimum atomic E-state index is -0.428. The van der Waals surface area contributed by atoms with Crippen LogP contribution in [0.3, 0.4) is 0 Å². The van der Waals surface area contributed by atoms with Crippen molar-refractivity contribution in [2.45, 2.75) is 6.54 Å². The highest BCUT2D eigenvalue weighted by atomic mass is 16.5. The summed E-state index contributed by atoms with van der Waals surface area (Å²) in [6.07, 6.45) is 16.3. The topological polar surface area (TPSA) is 99.2 Å². The smallest absolute Gasteiger partial charge is 0.259 e. The maximum Gasteiger partial charge on any atom is 0.259 e. The van der Waals surface area contributed by atoms with E-state index < -0.39 is 11.8 Å². The van der Waals surface area contributed by atoms with Crippen LogP contribution < -0.4 is 5.32 Å². The van der Waals surface area contributed by atoms with Gasteiger partial charge in [0.15, 0.2) is 0 Å². The zero-order valence-corrected chi connectivity index (χ0v) is 20.7. The lowest BCUT2D eigenvalue weighted by atomic mass is 9.95. The first-order chi connectivity index (χ1) is 19.2. The Morgan fingerprint density at radius 2 is 1.44 bits per heavy atom. The lowest BCUT2D eigenvalue weighted by Crippen LogP contribution is -2.22. The second-order valence-electron chi connectivity index (χ2n) is 8.70. The SMILES string of the molecule is O=C1NC(=O)C2=C1c1cn(c3ccccc13)/C=C/N=C/CO/C=C\O/C=C/N=C/Cn1cc2c2ccccc21. The van der Waals surface area contributed by atoms with Crippen molar-refractivity contribution < 1.29 is 19.1 Å². The van der Waals surface area contributed by atoms with E-state index in [2.05, 4.69) is 15.3 Å². The van der Waals surface area contributed by atoms with E-state index in [0.717, 1.165) is 21.8 Å². The Morgan fingerprint density at radius 3 is 2.26 bits per heavy atom. The van der Waals surface area contributed by atoms with Gasteiger partial charge in [0.05, 0.1) is 29.4 Å². The Labute approximate surface area is 223 Å². The van der Waals surface area contributed by atoms with E-state index in [1.165, 1.54) is 25.0 Å². The van der Waals surface area contributed by atoms with Crippen LogP contribution in [0.25, 0.3) is 39.2 Å². The highest BCUT2D eigenvalue weighted by molar-refractivity contribution is 6.50. The Morgan fingerprint density at radius 1 is 0.744 bits per heavy atom. The van der Waals surface area contributed by atoms with Gasteiger partial charge in [-0.2, -0.15) is 0 Å². The van der Waals surface area contributed by atoms with Gasteiger partial charge in [-0.15, -0.1) is 0 Å². The number of hydrogen-bond donors (Lipinski definition) is 1. The van der Waals surface area contributed by atoms with Crippen molar-refractivity contribution in [3.8, 4) is 0 Å². The molecule has 2 aliphatic rings. The minimum absolute atomic E-state index is 0.258. The molecule has 4 aromatic rings. The molecule has 2 aromatic carbocycles. The number of aromatic nitrogens is 2. The molecule has 1 N–H and O–H groups in total. The first-order valence-corrected chi connectivity index (χ1v) is 12.3. The molecule has 0 spiro atoms. The van der Waals surface area contributed by atoms with E-state index in [1.54, 1.807) is 24.8 Å². The number of ether oxygens (including phenoxy) is 2. The standard InChI is InChI=1S/C30H23N5O4/c36-29-27-23-19-34(25-7-3-1-5-21(23)25)13-9-31-11-15-38-17-18-39-16-12-32-10-14-35-20-24(28(27)30(37)33-29)22-6-2-4-8-26(22)35/h1-13,16-20H,14-15H2,(H,33,36,37)/b13-9+,16-12+,18-17-,31-11+,32-10+. The zero-order chi connectivity index (χ0) is 26.6. The molecule has 0 aliphatic carbocycles. The average Bonchev–Trinajstić information content (AvgIpc) is 3.58. The van der Waals surface area contributed by atoms with Crippen molar-refractivity contribution >= 4 is 63.4 Å². The van der Waals surface area contributed by atoms with Crippen LogP contribution in [0.5, 0.6) is 0 Å². The molecular weight excluding hydrogens is 494 g/mol. The Bertz CT molecular complexity index is 1780. The van der Waals surface area contributed by atoms with Gasteiger partial charge in [0, 0.05) is 64.6 Å². The van der Waals surface area contributed by atoms with Gasteiger partial charge in [0.1, 0.15) is 25.4 Å². The van der Waals surface area contributed by atoms with E-state index in [1.807, 2.05) is 70.1 Å². The quantitative estimate of drug-likeness (QED) is 0.341. The van der Waals surface area contributed by atoms with Gasteiger partial charge in [-0.05, 0) is 12.1 Å². The highest BCUT2D eigenvalue weighted by Crippen LogP contribution is 2.39. The van der Waals surface area contributed by atoms with Crippen LogP contribution in [-0.2, 0) is 25.6 Å². The number of rotatable bonds is 0. The predicted octanol–water partition coefficient (Wildman–Crippen LogP) is 4.72. The number of nitrogens with one attached hydrogen (secondary N) is 1. The summed E-state index contributed by atoms with van der Waals surface area (Å²) in [7, 11) is 0. The number of para-hydroxylation sites is 2. The molecule has 0 unspecified atom stereocenters. The molecule has 0 radical (unpaired) electrons. The van der Waals surface area contributed by atoms with E-state index in [4.69, 9.17) is 9.47 Å². The number of nitrogens with zero attached hydrogens (tertiary/aromatic N) is 4. The molecule has 39 heavy (non-hydrogen) atoms. The molecule has 0 atom stereocenters. The Hall–Kier alpha value is -5.44. The van der Waals surface area contributed by atoms with Gasteiger partial charge in [-0.3, -0.25) is 24.9 Å². The lowest BCUT2D eigenvalue weighted by molar-refractivity contribution is -0.122. The molecule has 0 fully saturated rings. The first kappa shape index (κ1) is 23.9. The van der Waals surface area contributed by atoms with Crippen LogP contribution in [0.2, 0.25) is 0 Å². The number of imide groups is 1. The number of fused-ring (bicyclic) bond motifs is 12. The zero-order valence-electron chi connectivity index (χ0n) is 20.7. The third-order valence-corrected chi connectivity index (χ3v) is 6.43. The molecule has 9 heteroatoms. The van der Waals surface area contributed by atoms with Gasteiger partial charge in [-0.25, -0.2) is 0 Å². The van der Waals surface area contributed by atoms with E-state index in [9.17, 15) is 9.59 Å². The monoisotopic (exact) mass is 517 g/mol. The summed E-state index contributed by atoms with van der Waals surface area (Å²) >= 11 is 0. The summed E-state index contributed by atoms with van der Waals surface area (Å²) in [4.78, 5) is 35.0. The van der Waals surface area contributed by atoms with Crippen molar-refractivity contribution in [2.75, 3.05) is 6.61 Å². The Balaban J connectivity index is 1.56. The van der Waals surface area contributed by atoms with Crippen LogP contribution in [0.4, 0.5) is 0 Å². The molecule has 9 nitrogen and oxygen atoms in total. The number of amides is 2. The van der Waals surface area contributed by atoms with Gasteiger partial charge >= 0.3 is 0 Å². The molecule has 6 rings (SSSR count). The van der Waals surface area contributed by atoms with Crippen molar-refractivity contribution in [2.24, 2.45) is 9.98 Å². The first-order valence-electron chi connectivity index (χ1n) is 12.3. The molecule has 2 amide bonds. The van der Waals surface area contributed by atoms with Crippen LogP contribution in [0, 0.1) is 0 Å². The third-order valence-electron chi connectivity index (χ3n) is 6.43. The molecule has 4 heterocycles. The van der Waals surface area contributed by atoms with Crippen LogP contribution in [0.1, 0.15) is 11.1 Å². The molecule has 2 aliphatic heterocycles. The summed E-state index contributed by atoms with van der Waals surface area (Å²) in [6.45, 7) is 0.708. The van der Waals surface area contributed by atoms with E-state index in [-0.39, 0.29) is 6.61 Å². The van der Waals surface area contributed by atoms with Crippen molar-refractivity contribution in [3.05, 3.63) is 103 Å². The fraction of sp³-hybridized carbons (Fsp3) is 0.0667. The van der Waals surface area contributed by atoms with Gasteiger partial charge < -0.3 is 18.6 Å². The molecule has 0 saturated heterocycles. The summed E-state index contributed by atoms with van der Waals surface area (Å²) < 4.78 is 14.4. The summed E-state index contributed by atoms with van der Waals surface area (Å²) in [5, 5.41) is 4.23. The second-order valence-corrected chi connectivity index (χ2v) is 8.70. The summed E-state index contributed by atoms with van der Waals surface area (Å²) in [6, 6.07) is 15.5. The van der Waals surface area contributed by atoms with Crippen molar-refractivity contribution in [3.63, 3.8) is 0 Å². The van der Waals surface area contributed by atoms with Gasteiger partial charge in [-0.1, -0.05) is 36.4 Å². The van der Waals surface area contributed by atoms with Crippen LogP contribution in [0.15, 0.2) is 102 Å². The second kappa shape index (κ2) is 10.5. The summed E-state index contributed by atoms with van der Waals surface area (Å²) in [5.74, 6) is -0.853. The number of aliphatic imine (C=N–C) groups is 2. The number of benzene rings is 2. The molecule has 192 valence electrons. The maximum atomic E-state index is 13.3. The molecular formula is C30H23N5O4.